The molecule has 0 fully saturated rings. The molecule has 27 heavy (non-hydrogen) atoms. The summed E-state index contributed by atoms with van der Waals surface area (Å²) < 4.78 is 7.02. The summed E-state index contributed by atoms with van der Waals surface area (Å²) >= 11 is 7.49. The predicted molar refractivity (Wildman–Crippen MR) is 123 cm³/mol. The third-order valence-corrected chi connectivity index (χ3v) is 4.52. The van der Waals surface area contributed by atoms with E-state index in [9.17, 15) is 0 Å². The molecule has 3 aromatic carbocycles. The van der Waals surface area contributed by atoms with Gasteiger partial charge in [-0.1, -0.05) is 30.3 Å². The van der Waals surface area contributed by atoms with Crippen molar-refractivity contribution in [2.75, 3.05) is 5.32 Å². The second-order valence-electron chi connectivity index (χ2n) is 5.67. The van der Waals surface area contributed by atoms with Crippen LogP contribution in [0, 0.1) is 3.57 Å². The van der Waals surface area contributed by atoms with Gasteiger partial charge in [0, 0.05) is 9.26 Å². The van der Waals surface area contributed by atoms with Crippen molar-refractivity contribution in [3.8, 4) is 5.75 Å². The van der Waals surface area contributed by atoms with Crippen LogP contribution in [0.15, 0.2) is 84.0 Å². The third-order valence-electron chi connectivity index (χ3n) is 3.61. The highest BCUT2D eigenvalue weighted by molar-refractivity contribution is 14.1. The summed E-state index contributed by atoms with van der Waals surface area (Å²) in [6, 6.07) is 25.7. The number of benzene rings is 3. The highest BCUT2D eigenvalue weighted by atomic mass is 127. The van der Waals surface area contributed by atoms with Crippen molar-refractivity contribution in [1.29, 1.82) is 0 Å². The molecule has 0 spiro atoms. The number of hydrogen-bond donors (Lipinski definition) is 2. The number of hydrazone groups is 1. The van der Waals surface area contributed by atoms with Gasteiger partial charge in [-0.2, -0.15) is 5.10 Å². The number of rotatable bonds is 6. The maximum atomic E-state index is 5.80. The lowest BCUT2D eigenvalue weighted by atomic mass is 10.2. The zero-order valence-corrected chi connectivity index (χ0v) is 17.4. The first kappa shape index (κ1) is 19.3. The number of anilines is 1. The molecule has 3 aromatic rings. The van der Waals surface area contributed by atoms with Gasteiger partial charge < -0.3 is 10.1 Å². The number of nitrogens with one attached hydrogen (secondary N) is 2. The molecule has 0 aliphatic heterocycles. The molecule has 0 aromatic heterocycles. The Balaban J connectivity index is 1.46. The van der Waals surface area contributed by atoms with Crippen molar-refractivity contribution in [2.24, 2.45) is 5.10 Å². The van der Waals surface area contributed by atoms with Crippen LogP contribution < -0.4 is 15.5 Å². The van der Waals surface area contributed by atoms with Crippen LogP contribution in [0.25, 0.3) is 0 Å². The smallest absolute Gasteiger partial charge is 0.191 e. The average molecular weight is 487 g/mol. The van der Waals surface area contributed by atoms with E-state index in [2.05, 4.69) is 62.7 Å². The zero-order valence-electron chi connectivity index (χ0n) is 14.4. The van der Waals surface area contributed by atoms with Gasteiger partial charge in [0.2, 0.25) is 0 Å². The normalized spacial score (nSPS) is 10.6. The Kier molecular flexibility index (Phi) is 7.18. The SMILES string of the molecule is S=C(N/N=C/c1ccc(OCc2ccc(I)cc2)cc1)Nc1ccccc1. The Morgan fingerprint density at radius 2 is 1.67 bits per heavy atom. The van der Waals surface area contributed by atoms with Crippen LogP contribution in [0.3, 0.4) is 0 Å². The van der Waals surface area contributed by atoms with Crippen LogP contribution >= 0.6 is 34.8 Å². The van der Waals surface area contributed by atoms with E-state index in [-0.39, 0.29) is 0 Å². The van der Waals surface area contributed by atoms with Crippen molar-refractivity contribution >= 4 is 51.8 Å². The number of ether oxygens (including phenoxy) is 1. The van der Waals surface area contributed by atoms with Gasteiger partial charge in [0.25, 0.3) is 0 Å². The van der Waals surface area contributed by atoms with Crippen LogP contribution in [-0.2, 0) is 6.61 Å². The molecule has 2 N–H and O–H groups in total. The zero-order chi connectivity index (χ0) is 18.9. The fourth-order valence-corrected chi connectivity index (χ4v) is 2.77. The lowest BCUT2D eigenvalue weighted by Crippen LogP contribution is -2.23. The largest absolute Gasteiger partial charge is 0.489 e. The number of nitrogens with zero attached hydrogens (tertiary/aromatic N) is 1. The first-order valence-electron chi connectivity index (χ1n) is 8.31. The molecule has 0 heterocycles. The molecular weight excluding hydrogens is 469 g/mol. The summed E-state index contributed by atoms with van der Waals surface area (Å²) in [5, 5.41) is 7.65. The van der Waals surface area contributed by atoms with E-state index in [0.717, 1.165) is 22.6 Å². The van der Waals surface area contributed by atoms with Gasteiger partial charge in [0.1, 0.15) is 12.4 Å². The van der Waals surface area contributed by atoms with Gasteiger partial charge >= 0.3 is 0 Å². The maximum Gasteiger partial charge on any atom is 0.191 e. The minimum absolute atomic E-state index is 0.440. The van der Waals surface area contributed by atoms with Crippen molar-refractivity contribution in [1.82, 2.24) is 5.43 Å². The molecule has 0 amide bonds. The molecule has 0 aliphatic carbocycles. The van der Waals surface area contributed by atoms with Crippen LogP contribution in [0.1, 0.15) is 11.1 Å². The number of thiocarbonyl (C=S) groups is 1. The lowest BCUT2D eigenvalue weighted by Gasteiger charge is -2.07. The molecule has 4 nitrogen and oxygen atoms in total. The molecule has 0 radical (unpaired) electrons. The molecule has 136 valence electrons. The van der Waals surface area contributed by atoms with Crippen molar-refractivity contribution < 1.29 is 4.74 Å². The highest BCUT2D eigenvalue weighted by Gasteiger charge is 1.98. The van der Waals surface area contributed by atoms with Crippen LogP contribution in [-0.4, -0.2) is 11.3 Å². The monoisotopic (exact) mass is 487 g/mol. The quantitative estimate of drug-likeness (QED) is 0.218. The Hall–Kier alpha value is -2.45. The van der Waals surface area contributed by atoms with Gasteiger partial charge in [-0.3, -0.25) is 5.43 Å². The second-order valence-corrected chi connectivity index (χ2v) is 7.33. The molecule has 0 bridgehead atoms. The summed E-state index contributed by atoms with van der Waals surface area (Å²) in [5.41, 5.74) is 5.81. The van der Waals surface area contributed by atoms with Crippen LogP contribution in [0.4, 0.5) is 5.69 Å². The Morgan fingerprint density at radius 3 is 2.37 bits per heavy atom. The molecule has 0 saturated carbocycles. The summed E-state index contributed by atoms with van der Waals surface area (Å²) in [6.07, 6.45) is 1.71. The first-order chi connectivity index (χ1) is 13.2. The minimum atomic E-state index is 0.440. The lowest BCUT2D eigenvalue weighted by molar-refractivity contribution is 0.306. The Labute approximate surface area is 177 Å². The summed E-state index contributed by atoms with van der Waals surface area (Å²) in [7, 11) is 0. The van der Waals surface area contributed by atoms with Crippen molar-refractivity contribution in [2.45, 2.75) is 6.61 Å². The summed E-state index contributed by atoms with van der Waals surface area (Å²) in [5.74, 6) is 0.819. The van der Waals surface area contributed by atoms with Gasteiger partial charge in [0.05, 0.1) is 6.21 Å². The van der Waals surface area contributed by atoms with E-state index in [4.69, 9.17) is 17.0 Å². The fourth-order valence-electron chi connectivity index (χ4n) is 2.24. The van der Waals surface area contributed by atoms with Gasteiger partial charge in [-0.25, -0.2) is 0 Å². The van der Waals surface area contributed by atoms with E-state index >= 15 is 0 Å². The molecule has 6 heteroatoms. The van der Waals surface area contributed by atoms with Crippen molar-refractivity contribution in [3.05, 3.63) is 93.6 Å². The van der Waals surface area contributed by atoms with Crippen LogP contribution in [0.2, 0.25) is 0 Å². The van der Waals surface area contributed by atoms with E-state index in [1.807, 2.05) is 54.6 Å². The standard InChI is InChI=1S/C21H18IN3OS/c22-18-10-6-17(7-11-18)15-26-20-12-8-16(9-13-20)14-23-25-21(27)24-19-4-2-1-3-5-19/h1-14H,15H2,(H2,24,25,27)/b23-14+. The molecule has 0 saturated heterocycles. The molecular formula is C21H18IN3OS. The van der Waals surface area contributed by atoms with Gasteiger partial charge in [0.15, 0.2) is 5.11 Å². The molecule has 0 unspecified atom stereocenters. The molecule has 0 aliphatic rings. The first-order valence-corrected chi connectivity index (χ1v) is 9.80. The summed E-state index contributed by atoms with van der Waals surface area (Å²) in [6.45, 7) is 0.547. The second kappa shape index (κ2) is 10.0. The number of para-hydroxylation sites is 1. The van der Waals surface area contributed by atoms with Gasteiger partial charge in [-0.05, 0) is 94.5 Å². The predicted octanol–water partition coefficient (Wildman–Crippen LogP) is 5.19. The highest BCUT2D eigenvalue weighted by Crippen LogP contribution is 2.14. The van der Waals surface area contributed by atoms with E-state index in [1.54, 1.807) is 6.21 Å². The van der Waals surface area contributed by atoms with E-state index in [1.165, 1.54) is 3.57 Å². The number of halogens is 1. The molecule has 0 atom stereocenters. The maximum absolute atomic E-state index is 5.80. The third kappa shape index (κ3) is 6.65. The topological polar surface area (TPSA) is 45.7 Å². The van der Waals surface area contributed by atoms with E-state index < -0.39 is 0 Å². The average Bonchev–Trinajstić information content (AvgIpc) is 2.69. The Bertz CT molecular complexity index is 897. The fraction of sp³-hybridized carbons (Fsp3) is 0.0476. The summed E-state index contributed by atoms with van der Waals surface area (Å²) in [4.78, 5) is 0. The van der Waals surface area contributed by atoms with Gasteiger partial charge in [-0.15, -0.1) is 0 Å². The Morgan fingerprint density at radius 1 is 0.963 bits per heavy atom. The number of hydrogen-bond acceptors (Lipinski definition) is 3. The van der Waals surface area contributed by atoms with E-state index in [0.29, 0.717) is 11.7 Å². The van der Waals surface area contributed by atoms with Crippen LogP contribution in [0.5, 0.6) is 5.75 Å². The van der Waals surface area contributed by atoms with Crippen molar-refractivity contribution in [3.63, 3.8) is 0 Å². The molecule has 3 rings (SSSR count). The minimum Gasteiger partial charge on any atom is -0.489 e.